The highest BCUT2D eigenvalue weighted by Crippen LogP contribution is 2.17. The largest absolute Gasteiger partial charge is 0.372 e. The number of benzene rings is 2. The highest BCUT2D eigenvalue weighted by atomic mass is 16.2. The van der Waals surface area contributed by atoms with Crippen LogP contribution in [0.3, 0.4) is 0 Å². The number of likely N-dealkylation sites (tertiary alicyclic amines) is 1. The van der Waals surface area contributed by atoms with Gasteiger partial charge in [-0.05, 0) is 88.9 Å². The van der Waals surface area contributed by atoms with E-state index in [2.05, 4.69) is 51.6 Å². The molecule has 2 aromatic carbocycles. The minimum absolute atomic E-state index is 0.0544. The number of carbonyl (C=O) groups excluding carboxylic acids is 2. The van der Waals surface area contributed by atoms with Gasteiger partial charge in [0.25, 0.3) is 11.8 Å². The number of hydrogen-bond donors (Lipinski definition) is 2. The van der Waals surface area contributed by atoms with Gasteiger partial charge in [-0.2, -0.15) is 5.10 Å². The summed E-state index contributed by atoms with van der Waals surface area (Å²) in [6, 6.07) is 17.3. The van der Waals surface area contributed by atoms with Gasteiger partial charge in [-0.15, -0.1) is 0 Å². The van der Waals surface area contributed by atoms with Crippen molar-refractivity contribution in [3.63, 3.8) is 0 Å². The number of unbranched alkanes of at least 4 members (excludes halogenated alkanes) is 1. The average molecular weight is 492 g/mol. The van der Waals surface area contributed by atoms with Gasteiger partial charge in [-0.3, -0.25) is 14.5 Å². The molecule has 0 aliphatic carbocycles. The summed E-state index contributed by atoms with van der Waals surface area (Å²) < 4.78 is 0. The standard InChI is InChI=1S/C29H41N5O2/c1-3-33(4-2)26-18-16-24(17-19-26)23-31-32-29(36)27(34-21-11-6-12-22-34)15-9-10-20-30-28(35)25-13-7-5-8-14-25/h5,7-8,13-14,16-19,23,27H,3-4,6,9-12,15,20-22H2,1-2H3,(H,30,35)(H,32,36)/b31-23+. The summed E-state index contributed by atoms with van der Waals surface area (Å²) in [7, 11) is 0. The molecular weight excluding hydrogens is 450 g/mol. The molecule has 1 aliphatic heterocycles. The van der Waals surface area contributed by atoms with Gasteiger partial charge in [0, 0.05) is 30.9 Å². The predicted octanol–water partition coefficient (Wildman–Crippen LogP) is 4.44. The third-order valence-corrected chi connectivity index (χ3v) is 6.77. The molecule has 36 heavy (non-hydrogen) atoms. The van der Waals surface area contributed by atoms with Crippen molar-refractivity contribution in [3.05, 3.63) is 65.7 Å². The minimum Gasteiger partial charge on any atom is -0.372 e. The molecule has 1 saturated heterocycles. The highest BCUT2D eigenvalue weighted by molar-refractivity contribution is 5.94. The lowest BCUT2D eigenvalue weighted by atomic mass is 10.0. The number of nitrogens with one attached hydrogen (secondary N) is 2. The van der Waals surface area contributed by atoms with Crippen LogP contribution in [0.5, 0.6) is 0 Å². The summed E-state index contributed by atoms with van der Waals surface area (Å²) in [5, 5.41) is 7.22. The first-order valence-electron chi connectivity index (χ1n) is 13.4. The summed E-state index contributed by atoms with van der Waals surface area (Å²) in [5.41, 5.74) is 5.59. The van der Waals surface area contributed by atoms with Crippen molar-refractivity contribution < 1.29 is 9.59 Å². The molecule has 1 aliphatic rings. The molecule has 0 aromatic heterocycles. The van der Waals surface area contributed by atoms with E-state index in [1.54, 1.807) is 6.21 Å². The number of anilines is 1. The normalized spacial score (nSPS) is 14.9. The van der Waals surface area contributed by atoms with Crippen molar-refractivity contribution in [3.8, 4) is 0 Å². The van der Waals surface area contributed by atoms with Crippen LogP contribution in [0, 0.1) is 0 Å². The molecule has 7 heteroatoms. The molecule has 3 rings (SSSR count). The first-order chi connectivity index (χ1) is 17.6. The Labute approximate surface area is 215 Å². The Morgan fingerprint density at radius 3 is 2.33 bits per heavy atom. The molecule has 0 spiro atoms. The summed E-state index contributed by atoms with van der Waals surface area (Å²) in [6.45, 7) is 8.72. The second-order valence-corrected chi connectivity index (χ2v) is 9.23. The van der Waals surface area contributed by atoms with Crippen LogP contribution in [0.15, 0.2) is 59.7 Å². The fraction of sp³-hybridized carbons (Fsp3) is 0.483. The molecule has 0 bridgehead atoms. The zero-order valence-electron chi connectivity index (χ0n) is 21.8. The van der Waals surface area contributed by atoms with E-state index in [4.69, 9.17) is 0 Å². The van der Waals surface area contributed by atoms with Crippen molar-refractivity contribution >= 4 is 23.7 Å². The second-order valence-electron chi connectivity index (χ2n) is 9.23. The molecule has 7 nitrogen and oxygen atoms in total. The van der Waals surface area contributed by atoms with Crippen molar-refractivity contribution in [2.45, 2.75) is 58.4 Å². The van der Waals surface area contributed by atoms with Crippen LogP contribution in [0.25, 0.3) is 0 Å². The van der Waals surface area contributed by atoms with Crippen molar-refractivity contribution in [1.82, 2.24) is 15.6 Å². The van der Waals surface area contributed by atoms with Gasteiger partial charge in [0.05, 0.1) is 12.3 Å². The maximum Gasteiger partial charge on any atom is 0.257 e. The van der Waals surface area contributed by atoms with Crippen LogP contribution in [0.2, 0.25) is 0 Å². The summed E-state index contributed by atoms with van der Waals surface area (Å²) in [5.74, 6) is -0.110. The molecule has 1 unspecified atom stereocenters. The monoisotopic (exact) mass is 491 g/mol. The van der Waals surface area contributed by atoms with E-state index in [1.165, 1.54) is 12.1 Å². The van der Waals surface area contributed by atoms with Crippen molar-refractivity contribution in [1.29, 1.82) is 0 Å². The minimum atomic E-state index is -0.197. The quantitative estimate of drug-likeness (QED) is 0.247. The van der Waals surface area contributed by atoms with Gasteiger partial charge >= 0.3 is 0 Å². The number of nitrogens with zero attached hydrogens (tertiary/aromatic N) is 3. The summed E-state index contributed by atoms with van der Waals surface area (Å²) in [4.78, 5) is 29.9. The Morgan fingerprint density at radius 2 is 1.67 bits per heavy atom. The van der Waals surface area contributed by atoms with Crippen LogP contribution in [-0.4, -0.2) is 61.7 Å². The molecule has 1 fully saturated rings. The number of rotatable bonds is 13. The molecule has 2 amide bonds. The molecule has 194 valence electrons. The molecule has 1 heterocycles. The van der Waals surface area contributed by atoms with Gasteiger partial charge < -0.3 is 10.2 Å². The van der Waals surface area contributed by atoms with Gasteiger partial charge in [-0.25, -0.2) is 5.43 Å². The zero-order chi connectivity index (χ0) is 25.6. The topological polar surface area (TPSA) is 77.0 Å². The maximum atomic E-state index is 13.1. The fourth-order valence-electron chi connectivity index (χ4n) is 4.67. The van der Waals surface area contributed by atoms with Crippen molar-refractivity contribution in [2.75, 3.05) is 37.6 Å². The van der Waals surface area contributed by atoms with Crippen LogP contribution < -0.4 is 15.6 Å². The van der Waals surface area contributed by atoms with Crippen LogP contribution >= 0.6 is 0 Å². The van der Waals surface area contributed by atoms with Crippen LogP contribution in [0.1, 0.15) is 68.3 Å². The van der Waals surface area contributed by atoms with E-state index in [1.807, 2.05) is 42.5 Å². The van der Waals surface area contributed by atoms with E-state index in [9.17, 15) is 9.59 Å². The van der Waals surface area contributed by atoms with Crippen LogP contribution in [-0.2, 0) is 4.79 Å². The van der Waals surface area contributed by atoms with E-state index in [0.29, 0.717) is 12.1 Å². The third kappa shape index (κ3) is 8.48. The van der Waals surface area contributed by atoms with Gasteiger partial charge in [0.1, 0.15) is 0 Å². The zero-order valence-corrected chi connectivity index (χ0v) is 21.8. The molecule has 2 aromatic rings. The third-order valence-electron chi connectivity index (χ3n) is 6.77. The second kappa shape index (κ2) is 15.0. The molecule has 2 N–H and O–H groups in total. The Kier molecular flexibility index (Phi) is 11.4. The molecule has 0 radical (unpaired) electrons. The highest BCUT2D eigenvalue weighted by Gasteiger charge is 2.26. The number of hydrogen-bond acceptors (Lipinski definition) is 5. The lowest BCUT2D eigenvalue weighted by Gasteiger charge is -2.33. The lowest BCUT2D eigenvalue weighted by Crippen LogP contribution is -2.47. The Bertz CT molecular complexity index is 951. The van der Waals surface area contributed by atoms with Crippen LogP contribution in [0.4, 0.5) is 5.69 Å². The number of hydrazone groups is 1. The first kappa shape index (κ1) is 27.4. The number of piperidine rings is 1. The van der Waals surface area contributed by atoms with E-state index in [0.717, 1.165) is 63.8 Å². The maximum absolute atomic E-state index is 13.1. The lowest BCUT2D eigenvalue weighted by molar-refractivity contribution is -0.127. The Balaban J connectivity index is 1.48. The number of amides is 2. The van der Waals surface area contributed by atoms with Gasteiger partial charge in [0.2, 0.25) is 0 Å². The summed E-state index contributed by atoms with van der Waals surface area (Å²) >= 11 is 0. The Hall–Kier alpha value is -3.19. The predicted molar refractivity (Wildman–Crippen MR) is 148 cm³/mol. The fourth-order valence-corrected chi connectivity index (χ4v) is 4.67. The average Bonchev–Trinajstić information content (AvgIpc) is 2.93. The summed E-state index contributed by atoms with van der Waals surface area (Å²) in [6.07, 6.45) is 7.62. The molecule has 0 saturated carbocycles. The molecule has 1 atom stereocenters. The first-order valence-corrected chi connectivity index (χ1v) is 13.4. The Morgan fingerprint density at radius 1 is 0.972 bits per heavy atom. The smallest absolute Gasteiger partial charge is 0.257 e. The van der Waals surface area contributed by atoms with Crippen molar-refractivity contribution in [2.24, 2.45) is 5.10 Å². The van der Waals surface area contributed by atoms with E-state index < -0.39 is 0 Å². The van der Waals surface area contributed by atoms with E-state index in [-0.39, 0.29) is 17.9 Å². The SMILES string of the molecule is CCN(CC)c1ccc(/C=N/NC(=O)C(CCCCNC(=O)c2ccccc2)N2CCCCC2)cc1. The number of carbonyl (C=O) groups is 2. The molecular formula is C29H41N5O2. The van der Waals surface area contributed by atoms with Gasteiger partial charge in [-0.1, -0.05) is 36.8 Å². The van der Waals surface area contributed by atoms with Gasteiger partial charge in [0.15, 0.2) is 0 Å². The van der Waals surface area contributed by atoms with E-state index >= 15 is 0 Å².